The third-order valence-electron chi connectivity index (χ3n) is 1.91. The number of rotatable bonds is 3. The van der Waals surface area contributed by atoms with Crippen LogP contribution in [0.4, 0.5) is 17.6 Å². The van der Waals surface area contributed by atoms with E-state index in [-0.39, 0.29) is 5.56 Å². The Morgan fingerprint density at radius 3 is 2.47 bits per heavy atom. The van der Waals surface area contributed by atoms with Gasteiger partial charge in [-0.15, -0.1) is 0 Å². The number of alkyl halides is 3. The number of benzene rings is 1. The number of nitrogens with two attached hydrogens (primary N) is 1. The Balaban J connectivity index is 2.92. The van der Waals surface area contributed by atoms with Gasteiger partial charge in [0.05, 0.1) is 11.6 Å². The summed E-state index contributed by atoms with van der Waals surface area (Å²) < 4.78 is 54.6. The normalized spacial score (nSPS) is 12.9. The van der Waals surface area contributed by atoms with E-state index in [0.29, 0.717) is 0 Å². The molecule has 0 saturated heterocycles. The molecule has 1 aromatic carbocycles. The predicted octanol–water partition coefficient (Wildman–Crippen LogP) is 1.97. The van der Waals surface area contributed by atoms with Gasteiger partial charge in [-0.25, -0.2) is 4.39 Å². The molecule has 92 valence electrons. The Labute approximate surface area is 94.4 Å². The van der Waals surface area contributed by atoms with E-state index in [9.17, 15) is 17.6 Å². The summed E-state index contributed by atoms with van der Waals surface area (Å²) >= 11 is 0. The highest BCUT2D eigenvalue weighted by Gasteiger charge is 2.41. The maximum atomic E-state index is 13.2. The van der Waals surface area contributed by atoms with Crippen molar-refractivity contribution >= 4 is 0 Å². The second kappa shape index (κ2) is 5.01. The van der Waals surface area contributed by atoms with Crippen molar-refractivity contribution in [3.05, 3.63) is 29.6 Å². The molecule has 0 aliphatic carbocycles. The zero-order valence-corrected chi connectivity index (χ0v) is 8.46. The molecule has 1 rings (SSSR count). The molecule has 17 heavy (non-hydrogen) atoms. The van der Waals surface area contributed by atoms with Gasteiger partial charge in [-0.1, -0.05) is 0 Å². The highest BCUT2D eigenvalue weighted by molar-refractivity contribution is 5.36. The SMILES string of the molecule is N#Cc1ccc(OC(CN)C(F)(F)F)c(F)c1. The molecule has 0 saturated carbocycles. The van der Waals surface area contributed by atoms with Gasteiger partial charge in [-0.2, -0.15) is 18.4 Å². The summed E-state index contributed by atoms with van der Waals surface area (Å²) in [5.74, 6) is -1.62. The number of halogens is 4. The van der Waals surface area contributed by atoms with Crippen molar-refractivity contribution in [2.24, 2.45) is 5.73 Å². The Morgan fingerprint density at radius 2 is 2.06 bits per heavy atom. The molecular formula is C10H8F4N2O. The van der Waals surface area contributed by atoms with Gasteiger partial charge in [0.1, 0.15) is 0 Å². The van der Waals surface area contributed by atoms with E-state index in [4.69, 9.17) is 11.0 Å². The van der Waals surface area contributed by atoms with Crippen LogP contribution < -0.4 is 10.5 Å². The lowest BCUT2D eigenvalue weighted by atomic mass is 10.2. The van der Waals surface area contributed by atoms with E-state index in [1.807, 2.05) is 0 Å². The lowest BCUT2D eigenvalue weighted by Gasteiger charge is -2.20. The van der Waals surface area contributed by atoms with Crippen LogP contribution in [0.5, 0.6) is 5.75 Å². The van der Waals surface area contributed by atoms with Crippen molar-refractivity contribution in [3.8, 4) is 11.8 Å². The van der Waals surface area contributed by atoms with Crippen molar-refractivity contribution in [2.45, 2.75) is 12.3 Å². The first-order valence-corrected chi connectivity index (χ1v) is 4.51. The van der Waals surface area contributed by atoms with Gasteiger partial charge in [0.15, 0.2) is 11.6 Å². The van der Waals surface area contributed by atoms with Crippen LogP contribution in [0.1, 0.15) is 5.56 Å². The Hall–Kier alpha value is -1.81. The first-order valence-electron chi connectivity index (χ1n) is 4.51. The third-order valence-corrected chi connectivity index (χ3v) is 1.91. The van der Waals surface area contributed by atoms with Gasteiger partial charge in [0, 0.05) is 6.54 Å². The molecule has 0 amide bonds. The molecule has 0 spiro atoms. The number of nitriles is 1. The van der Waals surface area contributed by atoms with Crippen LogP contribution in [0.2, 0.25) is 0 Å². The summed E-state index contributed by atoms with van der Waals surface area (Å²) in [5.41, 5.74) is 4.88. The monoisotopic (exact) mass is 248 g/mol. The second-order valence-corrected chi connectivity index (χ2v) is 3.14. The fraction of sp³-hybridized carbons (Fsp3) is 0.300. The molecule has 1 unspecified atom stereocenters. The molecule has 2 N–H and O–H groups in total. The molecule has 7 heteroatoms. The first kappa shape index (κ1) is 13.3. The molecular weight excluding hydrogens is 240 g/mol. The Morgan fingerprint density at radius 1 is 1.41 bits per heavy atom. The minimum absolute atomic E-state index is 0.00819. The molecule has 1 atom stereocenters. The fourth-order valence-electron chi connectivity index (χ4n) is 1.07. The van der Waals surface area contributed by atoms with Crippen LogP contribution in [-0.4, -0.2) is 18.8 Å². The van der Waals surface area contributed by atoms with Crippen LogP contribution in [0, 0.1) is 17.1 Å². The van der Waals surface area contributed by atoms with Crippen molar-refractivity contribution in [2.75, 3.05) is 6.54 Å². The quantitative estimate of drug-likeness (QED) is 0.832. The van der Waals surface area contributed by atoms with Crippen LogP contribution in [0.3, 0.4) is 0 Å². The van der Waals surface area contributed by atoms with Crippen LogP contribution >= 0.6 is 0 Å². The van der Waals surface area contributed by atoms with E-state index in [1.165, 1.54) is 0 Å². The van der Waals surface area contributed by atoms with E-state index in [0.717, 1.165) is 18.2 Å². The average molecular weight is 248 g/mol. The molecule has 3 nitrogen and oxygen atoms in total. The molecule has 0 aromatic heterocycles. The predicted molar refractivity (Wildman–Crippen MR) is 50.6 cm³/mol. The summed E-state index contributed by atoms with van der Waals surface area (Å²) in [5, 5.41) is 8.45. The second-order valence-electron chi connectivity index (χ2n) is 3.14. The summed E-state index contributed by atoms with van der Waals surface area (Å²) in [7, 11) is 0. The van der Waals surface area contributed by atoms with Crippen molar-refractivity contribution < 1.29 is 22.3 Å². The molecule has 0 fully saturated rings. The first-order chi connectivity index (χ1) is 7.88. The maximum Gasteiger partial charge on any atom is 0.426 e. The Bertz CT molecular complexity index is 439. The lowest BCUT2D eigenvalue weighted by molar-refractivity contribution is -0.192. The highest BCUT2D eigenvalue weighted by atomic mass is 19.4. The molecule has 0 aliphatic heterocycles. The van der Waals surface area contributed by atoms with Crippen LogP contribution in [0.15, 0.2) is 18.2 Å². The minimum atomic E-state index is -4.67. The number of hydrogen-bond donors (Lipinski definition) is 1. The molecule has 0 heterocycles. The van der Waals surface area contributed by atoms with Gasteiger partial charge in [-0.05, 0) is 18.2 Å². The summed E-state index contributed by atoms with van der Waals surface area (Å²) in [4.78, 5) is 0. The molecule has 0 aliphatic rings. The van der Waals surface area contributed by atoms with E-state index < -0.39 is 30.4 Å². The number of hydrogen-bond acceptors (Lipinski definition) is 3. The largest absolute Gasteiger partial charge is 0.477 e. The van der Waals surface area contributed by atoms with Crippen molar-refractivity contribution in [3.63, 3.8) is 0 Å². The third kappa shape index (κ3) is 3.32. The van der Waals surface area contributed by atoms with Crippen LogP contribution in [0.25, 0.3) is 0 Å². The average Bonchev–Trinajstić information content (AvgIpc) is 2.25. The number of nitrogens with zero attached hydrogens (tertiary/aromatic N) is 1. The lowest BCUT2D eigenvalue weighted by Crippen LogP contribution is -2.40. The summed E-state index contributed by atoms with van der Waals surface area (Å²) in [6.45, 7) is -0.817. The molecule has 1 aromatic rings. The van der Waals surface area contributed by atoms with Gasteiger partial charge in [0.2, 0.25) is 6.10 Å². The minimum Gasteiger partial charge on any atom is -0.477 e. The fourth-order valence-corrected chi connectivity index (χ4v) is 1.07. The molecule has 0 bridgehead atoms. The highest BCUT2D eigenvalue weighted by Crippen LogP contribution is 2.26. The van der Waals surface area contributed by atoms with Gasteiger partial charge >= 0.3 is 6.18 Å². The summed E-state index contributed by atoms with van der Waals surface area (Å²) in [6.07, 6.45) is -6.94. The van der Waals surface area contributed by atoms with E-state index >= 15 is 0 Å². The van der Waals surface area contributed by atoms with E-state index in [2.05, 4.69) is 4.74 Å². The van der Waals surface area contributed by atoms with Gasteiger partial charge in [-0.3, -0.25) is 0 Å². The van der Waals surface area contributed by atoms with E-state index in [1.54, 1.807) is 6.07 Å². The van der Waals surface area contributed by atoms with Crippen molar-refractivity contribution in [1.82, 2.24) is 0 Å². The van der Waals surface area contributed by atoms with Crippen LogP contribution in [-0.2, 0) is 0 Å². The maximum absolute atomic E-state index is 13.2. The summed E-state index contributed by atoms with van der Waals surface area (Å²) in [6, 6.07) is 4.56. The smallest absolute Gasteiger partial charge is 0.426 e. The number of ether oxygens (including phenoxy) is 1. The van der Waals surface area contributed by atoms with Gasteiger partial charge in [0.25, 0.3) is 0 Å². The molecule has 0 radical (unpaired) electrons. The van der Waals surface area contributed by atoms with Gasteiger partial charge < -0.3 is 10.5 Å². The van der Waals surface area contributed by atoms with Crippen molar-refractivity contribution in [1.29, 1.82) is 5.26 Å². The zero-order valence-electron chi connectivity index (χ0n) is 8.46. The Kier molecular flexibility index (Phi) is 3.91. The zero-order chi connectivity index (χ0) is 13.1. The topological polar surface area (TPSA) is 59.0 Å². The standard InChI is InChI=1S/C10H8F4N2O/c11-7-3-6(4-15)1-2-8(7)17-9(5-16)10(12,13)14/h1-3,9H,5,16H2.